The fourth-order valence-electron chi connectivity index (χ4n) is 10.6. The maximum atomic E-state index is 14.3. The van der Waals surface area contributed by atoms with Crippen molar-refractivity contribution in [3.8, 4) is 0 Å². The first-order valence-electron chi connectivity index (χ1n) is 22.9. The van der Waals surface area contributed by atoms with Crippen molar-refractivity contribution in [1.82, 2.24) is 0 Å². The summed E-state index contributed by atoms with van der Waals surface area (Å²) < 4.78 is 63.7. The summed E-state index contributed by atoms with van der Waals surface area (Å²) in [4.78, 5) is 14.3. The first kappa shape index (κ1) is 47.6. The summed E-state index contributed by atoms with van der Waals surface area (Å²) in [6.45, 7) is 16.1. The number of methoxy groups -OCH3 is 2. The van der Waals surface area contributed by atoms with Crippen LogP contribution >= 0.6 is 0 Å². The van der Waals surface area contributed by atoms with E-state index in [1.807, 2.05) is 32.1 Å². The molecule has 0 aromatic rings. The summed E-state index contributed by atoms with van der Waals surface area (Å²) in [5.74, 6) is -2.56. The van der Waals surface area contributed by atoms with Gasteiger partial charge in [-0.1, -0.05) is 70.6 Å². The molecule has 14 nitrogen and oxygen atoms in total. The fraction of sp³-hybridized carbons (Fsp3) is 0.771. The number of carbonyl (C=O) groups excluding carboxylic acids is 1. The normalized spacial score (nSPS) is 47.0. The Bertz CT molecular complexity index is 1730. The van der Waals surface area contributed by atoms with Crippen LogP contribution in [0.2, 0.25) is 0 Å². The molecule has 0 amide bonds. The molecule has 2 bridgehead atoms. The number of aliphatic hydroxyl groups excluding tert-OH is 2. The number of carbonyl (C=O) groups is 1. The lowest BCUT2D eigenvalue weighted by Crippen LogP contribution is -2.58. The molecule has 348 valence electrons. The SMILES string of the molecule is CCC(C)[C@H]1O[C@]2(C=C[C@@H]1C)C[C@@H]1C[C@@H](CC=C(C)[C@@H](OC3C[C@H](OC)C(O[C@H]4C[C@H](OC)[C@@H](O)[C@H](C)O4)[C@H](C)O3)[C@@H](C)C=CC=C3CO[C@@H]4[C@H](O)C(C)=C[C@@H](C(=O)O1)[C@]34O)O2. The van der Waals surface area contributed by atoms with Crippen LogP contribution < -0.4 is 0 Å². The van der Waals surface area contributed by atoms with E-state index < -0.39 is 90.8 Å². The lowest BCUT2D eigenvalue weighted by molar-refractivity contribution is -0.318. The molecular formula is C48H72O14. The first-order valence-corrected chi connectivity index (χ1v) is 22.9. The zero-order valence-corrected chi connectivity index (χ0v) is 38.2. The highest BCUT2D eigenvalue weighted by atomic mass is 16.7. The molecule has 14 heteroatoms. The van der Waals surface area contributed by atoms with Crippen molar-refractivity contribution in [1.29, 1.82) is 0 Å². The van der Waals surface area contributed by atoms with E-state index in [-0.39, 0.29) is 42.7 Å². The second-order valence-corrected chi connectivity index (χ2v) is 19.0. The number of aliphatic hydroxyl groups is 3. The Labute approximate surface area is 367 Å². The highest BCUT2D eigenvalue weighted by Crippen LogP contribution is 2.47. The summed E-state index contributed by atoms with van der Waals surface area (Å²) in [6.07, 6.45) is 8.55. The maximum Gasteiger partial charge on any atom is 0.316 e. The van der Waals surface area contributed by atoms with Crippen molar-refractivity contribution in [2.45, 2.75) is 191 Å². The summed E-state index contributed by atoms with van der Waals surface area (Å²) >= 11 is 0. The Morgan fingerprint density at radius 2 is 1.60 bits per heavy atom. The number of fused-ring (bicyclic) bond motifs is 2. The van der Waals surface area contributed by atoms with Gasteiger partial charge < -0.3 is 62.7 Å². The molecule has 1 aliphatic carbocycles. The van der Waals surface area contributed by atoms with Crippen molar-refractivity contribution >= 4 is 5.97 Å². The van der Waals surface area contributed by atoms with Crippen LogP contribution in [0.3, 0.4) is 0 Å². The van der Waals surface area contributed by atoms with Crippen LogP contribution in [0.25, 0.3) is 0 Å². The molecule has 0 aromatic heterocycles. The molecule has 62 heavy (non-hydrogen) atoms. The van der Waals surface area contributed by atoms with Crippen molar-refractivity contribution < 1.29 is 67.5 Å². The third-order valence-electron chi connectivity index (χ3n) is 14.5. The van der Waals surface area contributed by atoms with Gasteiger partial charge in [-0.15, -0.1) is 0 Å². The highest BCUT2D eigenvalue weighted by Gasteiger charge is 2.60. The Morgan fingerprint density at radius 3 is 2.32 bits per heavy atom. The second-order valence-electron chi connectivity index (χ2n) is 19.0. The fourth-order valence-corrected chi connectivity index (χ4v) is 10.6. The van der Waals surface area contributed by atoms with Crippen molar-refractivity contribution in [3.05, 3.63) is 59.3 Å². The summed E-state index contributed by atoms with van der Waals surface area (Å²) in [6, 6.07) is 0. The third kappa shape index (κ3) is 9.64. The minimum absolute atomic E-state index is 0.0317. The van der Waals surface area contributed by atoms with Gasteiger partial charge in [-0.05, 0) is 62.8 Å². The molecule has 20 atom stereocenters. The molecule has 4 saturated heterocycles. The average molecular weight is 873 g/mol. The van der Waals surface area contributed by atoms with E-state index in [0.29, 0.717) is 43.3 Å². The molecule has 6 heterocycles. The molecule has 7 aliphatic rings. The number of hydrogen-bond acceptors (Lipinski definition) is 14. The molecule has 0 radical (unpaired) electrons. The van der Waals surface area contributed by atoms with Crippen LogP contribution in [0.1, 0.15) is 93.9 Å². The van der Waals surface area contributed by atoms with E-state index in [1.54, 1.807) is 40.2 Å². The van der Waals surface area contributed by atoms with Crippen molar-refractivity contribution in [3.63, 3.8) is 0 Å². The van der Waals surface area contributed by atoms with Crippen molar-refractivity contribution in [2.24, 2.45) is 23.7 Å². The summed E-state index contributed by atoms with van der Waals surface area (Å²) in [5.41, 5.74) is 0.134. The van der Waals surface area contributed by atoms with Gasteiger partial charge in [-0.25, -0.2) is 0 Å². The molecular weight excluding hydrogens is 801 g/mol. The Balaban J connectivity index is 1.18. The van der Waals surface area contributed by atoms with Gasteiger partial charge >= 0.3 is 5.97 Å². The van der Waals surface area contributed by atoms with Crippen LogP contribution in [-0.2, 0) is 52.2 Å². The van der Waals surface area contributed by atoms with Crippen LogP contribution in [0, 0.1) is 23.7 Å². The van der Waals surface area contributed by atoms with Gasteiger partial charge in [0.15, 0.2) is 18.4 Å². The van der Waals surface area contributed by atoms with E-state index in [0.717, 1.165) is 12.0 Å². The minimum Gasteiger partial charge on any atom is -0.462 e. The topological polar surface area (TPSA) is 170 Å². The molecule has 0 saturated carbocycles. The summed E-state index contributed by atoms with van der Waals surface area (Å²) in [7, 11) is 3.22. The lowest BCUT2D eigenvalue weighted by atomic mass is 9.71. The average Bonchev–Trinajstić information content (AvgIpc) is 3.58. The Morgan fingerprint density at radius 1 is 0.887 bits per heavy atom. The van der Waals surface area contributed by atoms with Crippen molar-refractivity contribution in [2.75, 3.05) is 20.8 Å². The standard InChI is InChI=1S/C48H72O14/c1-11-25(2)43-28(5)17-18-47(62-43)23-34-20-33(61-47)16-15-27(4)42(26(3)13-12-14-32-24-55-45-40(49)29(6)19-35(46(51)58-34)48(32,45)52)59-39-22-37(54-10)44(31(8)57-39)60-38-21-36(53-9)41(50)30(7)56-38/h12-15,17-19,25-26,28,30-31,33-45,49-50,52H,11,16,20-24H2,1-10H3/t25?,26-,28-,30-,31-,33+,34-,35-,36-,37-,38-,39?,40+,41-,42-,43+,44?,45+,47+,48+/m0/s1. The largest absolute Gasteiger partial charge is 0.462 e. The number of esters is 1. The van der Waals surface area contributed by atoms with E-state index in [1.165, 1.54) is 0 Å². The number of ether oxygens (including phenoxy) is 10. The van der Waals surface area contributed by atoms with Crippen LogP contribution in [0.4, 0.5) is 0 Å². The predicted molar refractivity (Wildman–Crippen MR) is 227 cm³/mol. The molecule has 3 unspecified atom stereocenters. The first-order chi connectivity index (χ1) is 29.5. The number of allylic oxidation sites excluding steroid dienone is 2. The van der Waals surface area contributed by atoms with E-state index in [2.05, 4.69) is 39.8 Å². The minimum atomic E-state index is -1.84. The zero-order chi connectivity index (χ0) is 44.7. The Hall–Kier alpha value is -2.31. The number of rotatable bonds is 8. The van der Waals surface area contributed by atoms with Gasteiger partial charge in [0.1, 0.15) is 42.0 Å². The Kier molecular flexibility index (Phi) is 15.1. The molecule has 7 rings (SSSR count). The van der Waals surface area contributed by atoms with Gasteiger partial charge in [-0.3, -0.25) is 4.79 Å². The van der Waals surface area contributed by atoms with Gasteiger partial charge in [0.05, 0.1) is 49.3 Å². The van der Waals surface area contributed by atoms with Gasteiger partial charge in [0.2, 0.25) is 0 Å². The van der Waals surface area contributed by atoms with Crippen LogP contribution in [0.5, 0.6) is 0 Å². The van der Waals surface area contributed by atoms with Crippen LogP contribution in [0.15, 0.2) is 59.3 Å². The van der Waals surface area contributed by atoms with Gasteiger partial charge in [0.25, 0.3) is 0 Å². The second kappa shape index (κ2) is 19.7. The molecule has 1 spiro atoms. The highest BCUT2D eigenvalue weighted by molar-refractivity contribution is 5.78. The molecule has 3 N–H and O–H groups in total. The lowest BCUT2D eigenvalue weighted by Gasteiger charge is -2.48. The van der Waals surface area contributed by atoms with E-state index in [4.69, 9.17) is 47.4 Å². The monoisotopic (exact) mass is 872 g/mol. The van der Waals surface area contributed by atoms with Gasteiger partial charge in [-0.2, -0.15) is 0 Å². The third-order valence-corrected chi connectivity index (χ3v) is 14.5. The molecule has 6 aliphatic heterocycles. The maximum absolute atomic E-state index is 14.3. The smallest absolute Gasteiger partial charge is 0.316 e. The van der Waals surface area contributed by atoms with Crippen LogP contribution in [-0.4, -0.2) is 139 Å². The molecule has 4 fully saturated rings. The van der Waals surface area contributed by atoms with E-state index >= 15 is 0 Å². The zero-order valence-electron chi connectivity index (χ0n) is 38.2. The number of hydrogen-bond donors (Lipinski definition) is 3. The quantitative estimate of drug-likeness (QED) is 0.210. The molecule has 0 aromatic carbocycles. The van der Waals surface area contributed by atoms with E-state index in [9.17, 15) is 20.1 Å². The van der Waals surface area contributed by atoms with Gasteiger partial charge in [0, 0.05) is 51.7 Å². The predicted octanol–water partition coefficient (Wildman–Crippen LogP) is 5.38. The summed E-state index contributed by atoms with van der Waals surface area (Å²) in [5, 5.41) is 34.2.